The fourth-order valence-electron chi connectivity index (χ4n) is 4.47. The van der Waals surface area contributed by atoms with Crippen LogP contribution in [0.4, 0.5) is 16.2 Å². The number of benzene rings is 3. The molecule has 2 aliphatic heterocycles. The molecule has 42 heavy (non-hydrogen) atoms. The molecule has 0 spiro atoms. The molecule has 0 aliphatic carbocycles. The van der Waals surface area contributed by atoms with Crippen LogP contribution in [0.5, 0.6) is 11.5 Å². The molecule has 0 unspecified atom stereocenters. The zero-order chi connectivity index (χ0) is 29.6. The minimum absolute atomic E-state index is 0.198. The van der Waals surface area contributed by atoms with Gasteiger partial charge in [-0.3, -0.25) is 19.3 Å². The minimum atomic E-state index is -0.543. The number of morpholine rings is 1. The lowest BCUT2D eigenvalue weighted by Gasteiger charge is -2.30. The molecule has 2 saturated heterocycles. The van der Waals surface area contributed by atoms with Gasteiger partial charge in [0.2, 0.25) is 5.91 Å². The Kier molecular flexibility index (Phi) is 9.58. The fourth-order valence-corrected chi connectivity index (χ4v) is 5.77. The van der Waals surface area contributed by atoms with E-state index in [-0.39, 0.29) is 11.5 Å². The molecule has 2 aliphatic rings. The summed E-state index contributed by atoms with van der Waals surface area (Å²) in [5.41, 5.74) is 2.85. The van der Waals surface area contributed by atoms with Crippen molar-refractivity contribution in [3.05, 3.63) is 86.7 Å². The third-order valence-electron chi connectivity index (χ3n) is 6.59. The van der Waals surface area contributed by atoms with Gasteiger partial charge in [0.15, 0.2) is 11.5 Å². The van der Waals surface area contributed by atoms with Crippen LogP contribution in [0.3, 0.4) is 0 Å². The fraction of sp³-hybridized carbons (Fsp3) is 0.233. The number of amides is 3. The second-order valence-electron chi connectivity index (χ2n) is 9.37. The Hall–Kier alpha value is -3.70. The molecule has 218 valence electrons. The Morgan fingerprint density at radius 3 is 2.60 bits per heavy atom. The number of carbonyl (C=O) groups is 3. The average Bonchev–Trinajstić information content (AvgIpc) is 3.25. The number of ether oxygens (including phenoxy) is 3. The second kappa shape index (κ2) is 13.5. The van der Waals surface area contributed by atoms with E-state index in [1.807, 2.05) is 18.2 Å². The number of imide groups is 1. The number of nitrogens with one attached hydrogen (secondary N) is 1. The predicted molar refractivity (Wildman–Crippen MR) is 165 cm³/mol. The highest BCUT2D eigenvalue weighted by Crippen LogP contribution is 2.35. The summed E-state index contributed by atoms with van der Waals surface area (Å²) in [5, 5.41) is 3.35. The summed E-state index contributed by atoms with van der Waals surface area (Å²) >= 11 is 13.0. The third-order valence-corrected chi connectivity index (χ3v) is 8.08. The lowest BCUT2D eigenvalue weighted by Crippen LogP contribution is -2.38. The highest BCUT2D eigenvalue weighted by molar-refractivity contribution is 8.18. The Labute approximate surface area is 257 Å². The van der Waals surface area contributed by atoms with E-state index in [0.29, 0.717) is 59.1 Å². The average molecular weight is 629 g/mol. The van der Waals surface area contributed by atoms with E-state index in [2.05, 4.69) is 10.2 Å². The van der Waals surface area contributed by atoms with Crippen molar-refractivity contribution in [3.8, 4) is 11.5 Å². The van der Waals surface area contributed by atoms with Crippen LogP contribution in [0.25, 0.3) is 6.08 Å². The van der Waals surface area contributed by atoms with Gasteiger partial charge in [-0.05, 0) is 59.8 Å². The van der Waals surface area contributed by atoms with E-state index < -0.39 is 23.6 Å². The van der Waals surface area contributed by atoms with Gasteiger partial charge in [-0.25, -0.2) is 0 Å². The highest BCUT2D eigenvalue weighted by atomic mass is 35.5. The van der Waals surface area contributed by atoms with Gasteiger partial charge in [0.05, 0.1) is 36.6 Å². The first-order valence-corrected chi connectivity index (χ1v) is 14.6. The number of carbonyl (C=O) groups excluding carboxylic acids is 3. The monoisotopic (exact) mass is 627 g/mol. The number of methoxy groups -OCH3 is 1. The SMILES string of the molecule is COc1cc(/C=C2/SC(=O)N(CC(=O)Nc3ccccc3N3CCOCC3)C2=O)ccc1OCc1ccc(Cl)cc1Cl. The van der Waals surface area contributed by atoms with Gasteiger partial charge in [0, 0.05) is 28.7 Å². The molecule has 0 saturated carbocycles. The molecule has 9 nitrogen and oxygen atoms in total. The van der Waals surface area contributed by atoms with E-state index >= 15 is 0 Å². The molecular weight excluding hydrogens is 601 g/mol. The standard InChI is InChI=1S/C30H27Cl2N3O6S/c1-39-26-14-19(6-9-25(26)41-18-20-7-8-21(31)16-22(20)32)15-27-29(37)35(30(38)42-27)17-28(36)33-23-4-2-3-5-24(23)34-10-12-40-13-11-34/h2-9,14-16H,10-13,17-18H2,1H3,(H,33,36)/b27-15+. The molecule has 2 fully saturated rings. The summed E-state index contributed by atoms with van der Waals surface area (Å²) < 4.78 is 16.8. The molecule has 0 radical (unpaired) electrons. The van der Waals surface area contributed by atoms with Crippen molar-refractivity contribution in [3.63, 3.8) is 0 Å². The summed E-state index contributed by atoms with van der Waals surface area (Å²) in [6, 6.07) is 17.7. The maximum atomic E-state index is 13.1. The Bertz CT molecular complexity index is 1540. The second-order valence-corrected chi connectivity index (χ2v) is 11.2. The van der Waals surface area contributed by atoms with Crippen LogP contribution in [0.1, 0.15) is 11.1 Å². The van der Waals surface area contributed by atoms with Crippen molar-refractivity contribution in [2.45, 2.75) is 6.61 Å². The van der Waals surface area contributed by atoms with Crippen LogP contribution < -0.4 is 19.7 Å². The molecule has 3 aromatic carbocycles. The molecule has 0 aromatic heterocycles. The lowest BCUT2D eigenvalue weighted by atomic mass is 10.1. The van der Waals surface area contributed by atoms with E-state index in [0.717, 1.165) is 27.9 Å². The maximum Gasteiger partial charge on any atom is 0.294 e. The molecule has 5 rings (SSSR count). The first-order valence-electron chi connectivity index (χ1n) is 13.0. The number of halogens is 2. The summed E-state index contributed by atoms with van der Waals surface area (Å²) in [4.78, 5) is 42.0. The van der Waals surface area contributed by atoms with Crippen LogP contribution >= 0.6 is 35.0 Å². The first-order chi connectivity index (χ1) is 20.3. The zero-order valence-corrected chi connectivity index (χ0v) is 24.9. The number of nitrogens with zero attached hydrogens (tertiary/aromatic N) is 2. The van der Waals surface area contributed by atoms with Gasteiger partial charge in [-0.1, -0.05) is 47.5 Å². The van der Waals surface area contributed by atoms with Crippen LogP contribution in [0, 0.1) is 0 Å². The van der Waals surface area contributed by atoms with Crippen molar-refractivity contribution in [2.24, 2.45) is 0 Å². The van der Waals surface area contributed by atoms with Crippen LogP contribution in [0.2, 0.25) is 10.0 Å². The molecule has 0 atom stereocenters. The smallest absolute Gasteiger partial charge is 0.294 e. The lowest BCUT2D eigenvalue weighted by molar-refractivity contribution is -0.127. The van der Waals surface area contributed by atoms with Gasteiger partial charge in [0.1, 0.15) is 13.2 Å². The molecule has 3 aromatic rings. The number of para-hydroxylation sites is 2. The topological polar surface area (TPSA) is 97.4 Å². The number of hydrogen-bond acceptors (Lipinski definition) is 8. The van der Waals surface area contributed by atoms with Crippen molar-refractivity contribution in [1.29, 1.82) is 0 Å². The minimum Gasteiger partial charge on any atom is -0.493 e. The number of rotatable bonds is 9. The first kappa shape index (κ1) is 29.8. The summed E-state index contributed by atoms with van der Waals surface area (Å²) in [5.74, 6) is -0.101. The van der Waals surface area contributed by atoms with E-state index in [9.17, 15) is 14.4 Å². The summed E-state index contributed by atoms with van der Waals surface area (Å²) in [7, 11) is 1.50. The van der Waals surface area contributed by atoms with E-state index in [1.165, 1.54) is 7.11 Å². The zero-order valence-electron chi connectivity index (χ0n) is 22.6. The highest BCUT2D eigenvalue weighted by Gasteiger charge is 2.36. The molecule has 0 bridgehead atoms. The maximum absolute atomic E-state index is 13.1. The number of anilines is 2. The molecule has 2 heterocycles. The van der Waals surface area contributed by atoms with E-state index in [4.69, 9.17) is 37.4 Å². The van der Waals surface area contributed by atoms with E-state index in [1.54, 1.807) is 48.5 Å². The van der Waals surface area contributed by atoms with Gasteiger partial charge in [-0.15, -0.1) is 0 Å². The van der Waals surface area contributed by atoms with Crippen molar-refractivity contribution in [1.82, 2.24) is 4.90 Å². The number of thioether (sulfide) groups is 1. The van der Waals surface area contributed by atoms with Crippen LogP contribution in [-0.4, -0.2) is 61.9 Å². The Morgan fingerprint density at radius 1 is 1.05 bits per heavy atom. The van der Waals surface area contributed by atoms with Crippen LogP contribution in [0.15, 0.2) is 65.6 Å². The third kappa shape index (κ3) is 7.01. The largest absolute Gasteiger partial charge is 0.493 e. The van der Waals surface area contributed by atoms with Gasteiger partial charge < -0.3 is 24.4 Å². The molecular formula is C30H27Cl2N3O6S. The molecule has 12 heteroatoms. The Morgan fingerprint density at radius 2 is 1.83 bits per heavy atom. The van der Waals surface area contributed by atoms with Gasteiger partial charge in [0.25, 0.3) is 11.1 Å². The summed E-state index contributed by atoms with van der Waals surface area (Å²) in [6.45, 7) is 2.41. The van der Waals surface area contributed by atoms with Crippen molar-refractivity contribution in [2.75, 3.05) is 50.2 Å². The van der Waals surface area contributed by atoms with Crippen LogP contribution in [-0.2, 0) is 20.9 Å². The normalized spacial score (nSPS) is 16.2. The number of hydrogen-bond donors (Lipinski definition) is 1. The molecule has 3 amide bonds. The predicted octanol–water partition coefficient (Wildman–Crippen LogP) is 6.09. The summed E-state index contributed by atoms with van der Waals surface area (Å²) in [6.07, 6.45) is 1.58. The van der Waals surface area contributed by atoms with Crippen molar-refractivity contribution < 1.29 is 28.6 Å². The Balaban J connectivity index is 1.24. The quantitative estimate of drug-likeness (QED) is 0.285. The van der Waals surface area contributed by atoms with Gasteiger partial charge >= 0.3 is 0 Å². The van der Waals surface area contributed by atoms with Crippen molar-refractivity contribution >= 4 is 69.5 Å². The van der Waals surface area contributed by atoms with Gasteiger partial charge in [-0.2, -0.15) is 0 Å². The molecule has 1 N–H and O–H groups in total.